The molecular weight excluding hydrogens is 336 g/mol. The molecule has 0 spiro atoms. The number of hydrogen-bond donors (Lipinski definition) is 2. The normalized spacial score (nSPS) is 11.5. The summed E-state index contributed by atoms with van der Waals surface area (Å²) in [7, 11) is -2.62. The van der Waals surface area contributed by atoms with Crippen molar-refractivity contribution in [3.63, 3.8) is 0 Å². The Labute approximate surface area is 135 Å². The van der Waals surface area contributed by atoms with Crippen LogP contribution in [0.1, 0.15) is 0 Å². The zero-order valence-corrected chi connectivity index (χ0v) is 13.2. The van der Waals surface area contributed by atoms with Crippen molar-refractivity contribution >= 4 is 20.7 Å². The van der Waals surface area contributed by atoms with Gasteiger partial charge in [-0.15, -0.1) is 0 Å². The maximum atomic E-state index is 12.9. The molecule has 24 heavy (non-hydrogen) atoms. The van der Waals surface area contributed by atoms with Gasteiger partial charge in [0, 0.05) is 0 Å². The fourth-order valence-corrected chi connectivity index (χ4v) is 3.79. The van der Waals surface area contributed by atoms with Crippen LogP contribution in [-0.2, 0) is 9.84 Å². The van der Waals surface area contributed by atoms with Gasteiger partial charge in [-0.25, -0.2) is 13.2 Å². The Kier molecular flexibility index (Phi) is 3.64. The number of aromatic nitrogens is 2. The average molecular weight is 348 g/mol. The van der Waals surface area contributed by atoms with Gasteiger partial charge in [-0.3, -0.25) is 4.79 Å². The molecule has 3 rings (SSSR count). The Balaban J connectivity index is 2.37. The van der Waals surface area contributed by atoms with Gasteiger partial charge in [-0.05, 0) is 30.3 Å². The number of hydrogen-bond acceptors (Lipinski definition) is 6. The van der Waals surface area contributed by atoms with Crippen molar-refractivity contribution in [2.45, 2.75) is 9.79 Å². The highest BCUT2D eigenvalue weighted by molar-refractivity contribution is 7.91. The van der Waals surface area contributed by atoms with Crippen molar-refractivity contribution in [3.8, 4) is 5.75 Å². The summed E-state index contributed by atoms with van der Waals surface area (Å²) in [6.07, 6.45) is 0. The summed E-state index contributed by atoms with van der Waals surface area (Å²) in [6, 6.07) is 9.75. The minimum atomic E-state index is -4.02. The number of benzene rings is 2. The fourth-order valence-electron chi connectivity index (χ4n) is 2.32. The van der Waals surface area contributed by atoms with Crippen LogP contribution < -0.4 is 16.0 Å². The molecule has 0 saturated heterocycles. The van der Waals surface area contributed by atoms with Crippen molar-refractivity contribution in [2.75, 3.05) is 7.11 Å². The highest BCUT2D eigenvalue weighted by Crippen LogP contribution is 2.27. The monoisotopic (exact) mass is 348 g/mol. The Hall–Kier alpha value is -3.07. The summed E-state index contributed by atoms with van der Waals surface area (Å²) in [5.74, 6) is 0.350. The molecular formula is C15H12N2O6S. The molecule has 1 heterocycles. The summed E-state index contributed by atoms with van der Waals surface area (Å²) >= 11 is 0. The van der Waals surface area contributed by atoms with E-state index in [1.165, 1.54) is 43.5 Å². The van der Waals surface area contributed by atoms with Gasteiger partial charge in [0.1, 0.15) is 5.75 Å². The van der Waals surface area contributed by atoms with Crippen molar-refractivity contribution in [2.24, 2.45) is 0 Å². The van der Waals surface area contributed by atoms with E-state index < -0.39 is 21.1 Å². The van der Waals surface area contributed by atoms with Gasteiger partial charge in [0.05, 0.1) is 27.8 Å². The number of sulfone groups is 1. The van der Waals surface area contributed by atoms with Crippen LogP contribution in [-0.4, -0.2) is 30.4 Å². The molecule has 3 aromatic rings. The lowest BCUT2D eigenvalue weighted by Gasteiger charge is -2.09. The van der Waals surface area contributed by atoms with Crippen LogP contribution >= 0.6 is 0 Å². The number of aromatic amines is 1. The summed E-state index contributed by atoms with van der Waals surface area (Å²) in [5.41, 5.74) is -2.29. The number of para-hydroxylation sites is 1. The molecule has 0 aliphatic heterocycles. The van der Waals surface area contributed by atoms with Gasteiger partial charge in [-0.2, -0.15) is 0 Å². The maximum absolute atomic E-state index is 12.9. The molecule has 0 unspecified atom stereocenters. The second-order valence-corrected chi connectivity index (χ2v) is 6.83. The van der Waals surface area contributed by atoms with Crippen molar-refractivity contribution in [1.82, 2.24) is 9.71 Å². The van der Waals surface area contributed by atoms with E-state index in [0.29, 0.717) is 5.75 Å². The number of ether oxygens (including phenoxy) is 1. The van der Waals surface area contributed by atoms with Crippen LogP contribution in [0.2, 0.25) is 0 Å². The lowest BCUT2D eigenvalue weighted by molar-refractivity contribution is 0.162. The molecule has 0 aliphatic rings. The van der Waals surface area contributed by atoms with E-state index in [1.54, 1.807) is 6.07 Å². The third-order valence-electron chi connectivity index (χ3n) is 3.51. The molecule has 0 bridgehead atoms. The molecule has 0 radical (unpaired) electrons. The number of nitrogens with one attached hydrogen (secondary N) is 1. The highest BCUT2D eigenvalue weighted by Gasteiger charge is 2.23. The average Bonchev–Trinajstić information content (AvgIpc) is 2.59. The second kappa shape index (κ2) is 5.53. The molecule has 9 heteroatoms. The molecule has 0 aliphatic carbocycles. The minimum absolute atomic E-state index is 0.0524. The first-order chi connectivity index (χ1) is 11.4. The largest absolute Gasteiger partial charge is 0.497 e. The first kappa shape index (κ1) is 15.8. The van der Waals surface area contributed by atoms with Gasteiger partial charge in [0.2, 0.25) is 9.84 Å². The van der Waals surface area contributed by atoms with Crippen molar-refractivity contribution < 1.29 is 18.4 Å². The van der Waals surface area contributed by atoms with E-state index in [4.69, 9.17) is 4.74 Å². The Bertz CT molecular complexity index is 1160. The minimum Gasteiger partial charge on any atom is -0.497 e. The van der Waals surface area contributed by atoms with Gasteiger partial charge >= 0.3 is 5.69 Å². The first-order valence-electron chi connectivity index (χ1n) is 6.72. The third kappa shape index (κ3) is 2.35. The molecule has 0 fully saturated rings. The van der Waals surface area contributed by atoms with Crippen LogP contribution in [0.4, 0.5) is 0 Å². The predicted octanol–water partition coefficient (Wildman–Crippen LogP) is 0.768. The van der Waals surface area contributed by atoms with E-state index in [1.807, 2.05) is 0 Å². The van der Waals surface area contributed by atoms with Gasteiger partial charge in [0.15, 0.2) is 0 Å². The van der Waals surface area contributed by atoms with Crippen LogP contribution in [0.15, 0.2) is 61.8 Å². The molecule has 2 aromatic carbocycles. The summed E-state index contributed by atoms with van der Waals surface area (Å²) in [4.78, 5) is 25.5. The lowest BCUT2D eigenvalue weighted by atomic mass is 10.2. The molecule has 1 aromatic heterocycles. The number of rotatable bonds is 3. The van der Waals surface area contributed by atoms with Crippen LogP contribution in [0.25, 0.3) is 10.9 Å². The number of methoxy groups -OCH3 is 1. The van der Waals surface area contributed by atoms with E-state index >= 15 is 0 Å². The van der Waals surface area contributed by atoms with Gasteiger partial charge in [-0.1, -0.05) is 16.9 Å². The number of nitrogens with zero attached hydrogens (tertiary/aromatic N) is 1. The smallest absolute Gasteiger partial charge is 0.362 e. The molecule has 0 saturated carbocycles. The van der Waals surface area contributed by atoms with Crippen LogP contribution in [0.3, 0.4) is 0 Å². The summed E-state index contributed by atoms with van der Waals surface area (Å²) in [5, 5.41) is 9.25. The summed E-state index contributed by atoms with van der Waals surface area (Å²) in [6.45, 7) is 0. The standard InChI is InChI=1S/C15H12N2O6S/c1-23-9-4-2-5-10(8-9)24(21,22)12-7-3-6-11-13(12)16-15(19)17(20)14(11)18/h2-8,20H,1H3,(H,16,19). The predicted molar refractivity (Wildman–Crippen MR) is 84.5 cm³/mol. The van der Waals surface area contributed by atoms with Gasteiger partial charge < -0.3 is 14.9 Å². The Morgan fingerprint density at radius 3 is 2.54 bits per heavy atom. The van der Waals surface area contributed by atoms with Crippen molar-refractivity contribution in [3.05, 3.63) is 63.3 Å². The molecule has 8 nitrogen and oxygen atoms in total. The SMILES string of the molecule is COc1cccc(S(=O)(=O)c2cccc3c(=O)n(O)c(=O)[nH]c23)c1. The van der Waals surface area contributed by atoms with E-state index in [0.717, 1.165) is 0 Å². The number of fused-ring (bicyclic) bond motifs is 1. The Morgan fingerprint density at radius 2 is 1.83 bits per heavy atom. The zero-order chi connectivity index (χ0) is 17.5. The first-order valence-corrected chi connectivity index (χ1v) is 8.21. The van der Waals surface area contributed by atoms with Gasteiger partial charge in [0.25, 0.3) is 5.56 Å². The Morgan fingerprint density at radius 1 is 1.12 bits per heavy atom. The molecule has 124 valence electrons. The topological polar surface area (TPSA) is 118 Å². The summed E-state index contributed by atoms with van der Waals surface area (Å²) < 4.78 is 30.7. The van der Waals surface area contributed by atoms with E-state index in [9.17, 15) is 23.2 Å². The molecule has 2 N–H and O–H groups in total. The highest BCUT2D eigenvalue weighted by atomic mass is 32.2. The maximum Gasteiger partial charge on any atom is 0.362 e. The molecule has 0 amide bonds. The van der Waals surface area contributed by atoms with E-state index in [-0.39, 0.29) is 25.4 Å². The van der Waals surface area contributed by atoms with Crippen LogP contribution in [0, 0.1) is 0 Å². The fraction of sp³-hybridized carbons (Fsp3) is 0.0667. The number of H-pyrrole nitrogens is 1. The quantitative estimate of drug-likeness (QED) is 0.675. The zero-order valence-electron chi connectivity index (χ0n) is 12.4. The molecule has 0 atom stereocenters. The van der Waals surface area contributed by atoms with E-state index in [2.05, 4.69) is 4.98 Å². The lowest BCUT2D eigenvalue weighted by Crippen LogP contribution is -2.33. The second-order valence-electron chi connectivity index (χ2n) is 4.91. The van der Waals surface area contributed by atoms with Crippen LogP contribution in [0.5, 0.6) is 5.75 Å². The third-order valence-corrected chi connectivity index (χ3v) is 5.31. The van der Waals surface area contributed by atoms with Crippen molar-refractivity contribution in [1.29, 1.82) is 0 Å².